The van der Waals surface area contributed by atoms with Gasteiger partial charge in [-0.05, 0) is 51.2 Å². The molecular formula is C18H23BN6O2S. The van der Waals surface area contributed by atoms with Crippen LogP contribution in [0.2, 0.25) is 0 Å². The van der Waals surface area contributed by atoms with E-state index < -0.39 is 10.0 Å². The largest absolute Gasteiger partial charge is 0.367 e. The number of nitrogens with one attached hydrogen (secondary N) is 3. The maximum atomic E-state index is 12.3. The minimum atomic E-state index is -3.55. The summed E-state index contributed by atoms with van der Waals surface area (Å²) in [6.45, 7) is 3.13. The minimum Gasteiger partial charge on any atom is -0.367 e. The van der Waals surface area contributed by atoms with Gasteiger partial charge >= 0.3 is 0 Å². The molecule has 10 heteroatoms. The zero-order valence-electron chi connectivity index (χ0n) is 16.2. The third-order valence-electron chi connectivity index (χ3n) is 5.33. The van der Waals surface area contributed by atoms with Crippen LogP contribution in [0.3, 0.4) is 0 Å². The fourth-order valence-corrected chi connectivity index (χ4v) is 4.54. The van der Waals surface area contributed by atoms with Crippen LogP contribution in [0.4, 0.5) is 17.2 Å². The van der Waals surface area contributed by atoms with Crippen molar-refractivity contribution >= 4 is 51.6 Å². The van der Waals surface area contributed by atoms with Gasteiger partial charge in [0.1, 0.15) is 25.6 Å². The Bertz CT molecular complexity index is 1130. The molecule has 3 N–H and O–H groups in total. The van der Waals surface area contributed by atoms with Crippen molar-refractivity contribution < 1.29 is 8.42 Å². The van der Waals surface area contributed by atoms with E-state index >= 15 is 0 Å². The van der Waals surface area contributed by atoms with E-state index in [0.29, 0.717) is 17.5 Å². The predicted octanol–water partition coefficient (Wildman–Crippen LogP) is 0.857. The normalized spacial score (nSPS) is 17.4. The van der Waals surface area contributed by atoms with E-state index in [1.807, 2.05) is 20.1 Å². The number of aromatic amines is 1. The van der Waals surface area contributed by atoms with Gasteiger partial charge < -0.3 is 15.2 Å². The van der Waals surface area contributed by atoms with Gasteiger partial charge in [0.15, 0.2) is 0 Å². The average Bonchev–Trinajstić information content (AvgIpc) is 3.28. The third-order valence-corrected chi connectivity index (χ3v) is 6.74. The van der Waals surface area contributed by atoms with Crippen molar-refractivity contribution in [1.82, 2.24) is 19.7 Å². The summed E-state index contributed by atoms with van der Waals surface area (Å²) in [7, 11) is -0.157. The monoisotopic (exact) mass is 398 g/mol. The Morgan fingerprint density at radius 2 is 2.14 bits per heavy atom. The van der Waals surface area contributed by atoms with Gasteiger partial charge in [-0.3, -0.25) is 0 Å². The van der Waals surface area contributed by atoms with Crippen LogP contribution < -0.4 is 20.4 Å². The first-order chi connectivity index (χ1) is 13.4. The summed E-state index contributed by atoms with van der Waals surface area (Å²) in [4.78, 5) is 14.3. The van der Waals surface area contributed by atoms with Crippen LogP contribution in [0.25, 0.3) is 11.0 Å². The van der Waals surface area contributed by atoms with Gasteiger partial charge in [0.25, 0.3) is 0 Å². The average molecular weight is 398 g/mol. The third kappa shape index (κ3) is 3.22. The second-order valence-electron chi connectivity index (χ2n) is 7.11. The molecule has 0 bridgehead atoms. The van der Waals surface area contributed by atoms with Crippen molar-refractivity contribution in [3.05, 3.63) is 30.7 Å². The number of hydrogen-bond donors (Lipinski definition) is 3. The first-order valence-corrected chi connectivity index (χ1v) is 10.8. The molecule has 146 valence electrons. The van der Waals surface area contributed by atoms with Crippen molar-refractivity contribution in [3.8, 4) is 0 Å². The molecule has 3 aromatic rings. The summed E-state index contributed by atoms with van der Waals surface area (Å²) in [5, 5.41) is 4.26. The van der Waals surface area contributed by atoms with Crippen LogP contribution in [-0.2, 0) is 10.0 Å². The summed E-state index contributed by atoms with van der Waals surface area (Å²) in [6.07, 6.45) is 5.61. The summed E-state index contributed by atoms with van der Waals surface area (Å²) in [5.74, 6) is 0.649. The lowest BCUT2D eigenvalue weighted by molar-refractivity contribution is 0.588. The zero-order valence-corrected chi connectivity index (χ0v) is 17.0. The Morgan fingerprint density at radius 3 is 2.86 bits per heavy atom. The second kappa shape index (κ2) is 7.10. The number of hydrogen-bond acceptors (Lipinski definition) is 6. The lowest BCUT2D eigenvalue weighted by Gasteiger charge is -2.27. The van der Waals surface area contributed by atoms with E-state index in [4.69, 9.17) is 0 Å². The molecule has 0 spiro atoms. The molecule has 1 fully saturated rings. The molecule has 8 nitrogen and oxygen atoms in total. The maximum absolute atomic E-state index is 12.3. The molecule has 0 amide bonds. The van der Waals surface area contributed by atoms with Crippen LogP contribution in [0, 0.1) is 0 Å². The molecule has 1 aromatic carbocycles. The zero-order chi connectivity index (χ0) is 19.9. The highest BCUT2D eigenvalue weighted by Crippen LogP contribution is 2.36. The van der Waals surface area contributed by atoms with Crippen LogP contribution >= 0.6 is 0 Å². The number of H-pyrrole nitrogens is 1. The summed E-state index contributed by atoms with van der Waals surface area (Å²) in [5.41, 5.74) is 3.45. The standard InChI is InChI=1S/C18H23BN6O2S/c1-11-4-3-7-25(11)15-6-5-12(28(26,27)20-2)8-14(15)24-18-16-13(19)9-21-17(16)22-10-23-18/h5-6,8-11,20H,3-4,7,19H2,1-2H3,(H2,21,22,23,24)/t11-/m0/s1. The van der Waals surface area contributed by atoms with Crippen LogP contribution in [-0.4, -0.2) is 50.9 Å². The van der Waals surface area contributed by atoms with E-state index in [2.05, 4.69) is 36.8 Å². The molecule has 1 aliphatic heterocycles. The Morgan fingerprint density at radius 1 is 1.32 bits per heavy atom. The number of benzene rings is 1. The quantitative estimate of drug-likeness (QED) is 0.551. The van der Waals surface area contributed by atoms with Gasteiger partial charge in [0.2, 0.25) is 10.0 Å². The van der Waals surface area contributed by atoms with E-state index in [0.717, 1.165) is 41.6 Å². The molecule has 1 saturated heterocycles. The first-order valence-electron chi connectivity index (χ1n) is 9.30. The number of nitrogens with zero attached hydrogens (tertiary/aromatic N) is 3. The molecule has 4 rings (SSSR count). The number of rotatable bonds is 5. The van der Waals surface area contributed by atoms with Gasteiger partial charge in [-0.15, -0.1) is 0 Å². The molecule has 3 heterocycles. The molecular weight excluding hydrogens is 375 g/mol. The Hall–Kier alpha value is -2.59. The molecule has 0 saturated carbocycles. The molecule has 0 radical (unpaired) electrons. The number of fused-ring (bicyclic) bond motifs is 1. The van der Waals surface area contributed by atoms with Crippen molar-refractivity contribution in [1.29, 1.82) is 0 Å². The Balaban J connectivity index is 1.85. The van der Waals surface area contributed by atoms with Gasteiger partial charge in [-0.1, -0.05) is 5.46 Å². The molecule has 0 aliphatic carbocycles. The molecule has 1 atom stereocenters. The highest BCUT2D eigenvalue weighted by Gasteiger charge is 2.25. The minimum absolute atomic E-state index is 0.212. The smallest absolute Gasteiger partial charge is 0.240 e. The summed E-state index contributed by atoms with van der Waals surface area (Å²) in [6, 6.07) is 5.58. The number of aromatic nitrogens is 3. The summed E-state index contributed by atoms with van der Waals surface area (Å²) >= 11 is 0. The molecule has 0 unspecified atom stereocenters. The topological polar surface area (TPSA) is 103 Å². The Kier molecular flexibility index (Phi) is 4.76. The molecule has 1 aliphatic rings. The highest BCUT2D eigenvalue weighted by atomic mass is 32.2. The number of anilines is 3. The van der Waals surface area contributed by atoms with Crippen LogP contribution in [0.15, 0.2) is 35.6 Å². The van der Waals surface area contributed by atoms with Gasteiger partial charge in [0.05, 0.1) is 21.7 Å². The van der Waals surface area contributed by atoms with E-state index in [1.165, 1.54) is 13.4 Å². The summed E-state index contributed by atoms with van der Waals surface area (Å²) < 4.78 is 27.1. The fraction of sp³-hybridized carbons (Fsp3) is 0.333. The fourth-order valence-electron chi connectivity index (χ4n) is 3.78. The van der Waals surface area contributed by atoms with Crippen LogP contribution in [0.5, 0.6) is 0 Å². The highest BCUT2D eigenvalue weighted by molar-refractivity contribution is 7.89. The SMILES string of the molecule is Bc1c[nH]c2ncnc(Nc3cc(S(=O)(=O)NC)ccc3N3CCC[C@@H]3C)c12. The number of sulfonamides is 1. The van der Waals surface area contributed by atoms with Crippen molar-refractivity contribution in [2.24, 2.45) is 0 Å². The van der Waals surface area contributed by atoms with E-state index in [-0.39, 0.29) is 4.90 Å². The molecule has 28 heavy (non-hydrogen) atoms. The lowest BCUT2D eigenvalue weighted by Crippen LogP contribution is -2.27. The lowest BCUT2D eigenvalue weighted by atomic mass is 9.97. The van der Waals surface area contributed by atoms with Gasteiger partial charge in [-0.2, -0.15) is 0 Å². The van der Waals surface area contributed by atoms with Crippen LogP contribution in [0.1, 0.15) is 19.8 Å². The van der Waals surface area contributed by atoms with Crippen molar-refractivity contribution in [2.45, 2.75) is 30.7 Å². The first kappa shape index (κ1) is 18.8. The Labute approximate surface area is 165 Å². The van der Waals surface area contributed by atoms with Crippen molar-refractivity contribution in [2.75, 3.05) is 23.8 Å². The van der Waals surface area contributed by atoms with Gasteiger partial charge in [0, 0.05) is 12.6 Å². The molecule has 2 aromatic heterocycles. The maximum Gasteiger partial charge on any atom is 0.240 e. The second-order valence-corrected chi connectivity index (χ2v) is 9.00. The predicted molar refractivity (Wildman–Crippen MR) is 114 cm³/mol. The van der Waals surface area contributed by atoms with Gasteiger partial charge in [-0.25, -0.2) is 23.1 Å². The van der Waals surface area contributed by atoms with Crippen molar-refractivity contribution in [3.63, 3.8) is 0 Å². The van der Waals surface area contributed by atoms with E-state index in [1.54, 1.807) is 12.1 Å². The van der Waals surface area contributed by atoms with E-state index in [9.17, 15) is 8.42 Å².